The second kappa shape index (κ2) is 11.8. The lowest BCUT2D eigenvalue weighted by Gasteiger charge is -2.34. The third-order valence-corrected chi connectivity index (χ3v) is 8.19. The minimum absolute atomic E-state index is 0.451. The summed E-state index contributed by atoms with van der Waals surface area (Å²) in [6, 6.07) is 21.4. The first-order chi connectivity index (χ1) is 20.8. The van der Waals surface area contributed by atoms with Crippen molar-refractivity contribution in [3.05, 3.63) is 77.9 Å². The highest BCUT2D eigenvalue weighted by Gasteiger charge is 2.46. The molecule has 8 nitrogen and oxygen atoms in total. The number of piperazine rings is 1. The Labute approximate surface area is 247 Å². The van der Waals surface area contributed by atoms with Crippen LogP contribution in [0, 0.1) is 0 Å². The highest BCUT2D eigenvalue weighted by molar-refractivity contribution is 5.82. The number of anilines is 1. The number of carbonyl (C=O) groups excluding carboxylic acids is 1. The number of ether oxygens (including phenoxy) is 2. The molecule has 0 bridgehead atoms. The third-order valence-electron chi connectivity index (χ3n) is 8.19. The molecule has 6 rings (SSSR count). The monoisotopic (exact) mass is 594 g/mol. The number of alkyl carbamates (subject to hydrolysis) is 1. The molecule has 1 N–H and O–H groups in total. The van der Waals surface area contributed by atoms with E-state index >= 15 is 0 Å². The van der Waals surface area contributed by atoms with E-state index in [1.54, 1.807) is 7.11 Å². The molecule has 1 aliphatic heterocycles. The molecule has 0 atom stereocenters. The zero-order valence-corrected chi connectivity index (χ0v) is 23.8. The van der Waals surface area contributed by atoms with Gasteiger partial charge in [0.25, 0.3) is 6.01 Å². The van der Waals surface area contributed by atoms with Crippen molar-refractivity contribution in [1.82, 2.24) is 15.2 Å². The number of aromatic nitrogens is 1. The SMILES string of the molecule is COc1ccc2oc(N3CCN(CCCCC4(OC(=O)NCC(F)(F)F)c5ccccc5-c5ccccc54)CC3)nc2c1. The molecule has 11 heteroatoms. The van der Waals surface area contributed by atoms with E-state index in [-0.39, 0.29) is 0 Å². The zero-order chi connectivity index (χ0) is 30.0. The molecule has 226 valence electrons. The van der Waals surface area contributed by atoms with Crippen molar-refractivity contribution in [2.75, 3.05) is 51.3 Å². The fourth-order valence-corrected chi connectivity index (χ4v) is 6.11. The number of rotatable bonds is 9. The van der Waals surface area contributed by atoms with Crippen LogP contribution in [0.2, 0.25) is 0 Å². The first-order valence-corrected chi connectivity index (χ1v) is 14.4. The van der Waals surface area contributed by atoms with Crippen LogP contribution in [0.25, 0.3) is 22.2 Å². The average molecular weight is 595 g/mol. The number of nitrogens with zero attached hydrogens (tertiary/aromatic N) is 3. The van der Waals surface area contributed by atoms with Crippen molar-refractivity contribution in [2.45, 2.75) is 31.0 Å². The first-order valence-electron chi connectivity index (χ1n) is 14.4. The van der Waals surface area contributed by atoms with Gasteiger partial charge in [0.15, 0.2) is 11.2 Å². The number of oxazole rings is 1. The summed E-state index contributed by atoms with van der Waals surface area (Å²) in [7, 11) is 1.62. The number of amides is 1. The molecule has 1 fully saturated rings. The number of hydrogen-bond donors (Lipinski definition) is 1. The van der Waals surface area contributed by atoms with Crippen molar-refractivity contribution in [2.24, 2.45) is 0 Å². The highest BCUT2D eigenvalue weighted by atomic mass is 19.4. The van der Waals surface area contributed by atoms with Gasteiger partial charge in [-0.3, -0.25) is 4.90 Å². The predicted octanol–water partition coefficient (Wildman–Crippen LogP) is 6.34. The van der Waals surface area contributed by atoms with Gasteiger partial charge in [0.1, 0.15) is 17.8 Å². The van der Waals surface area contributed by atoms with Crippen LogP contribution >= 0.6 is 0 Å². The fourth-order valence-electron chi connectivity index (χ4n) is 6.11. The second-order valence-electron chi connectivity index (χ2n) is 10.9. The standard InChI is InChI=1S/C32H33F3N4O4/c1-41-22-12-13-28-27(20-22)37-29(42-28)39-18-16-38(17-19-39)15-7-6-14-31(43-30(40)36-21-32(33,34)35)25-10-4-2-8-23(25)24-9-3-5-11-26(24)31/h2-5,8-13,20H,6-7,14-19,21H2,1H3,(H,36,40). The normalized spacial score (nSPS) is 16.1. The van der Waals surface area contributed by atoms with Crippen LogP contribution in [0.15, 0.2) is 71.1 Å². The molecule has 0 unspecified atom stereocenters. The quantitative estimate of drug-likeness (QED) is 0.227. The largest absolute Gasteiger partial charge is 0.497 e. The summed E-state index contributed by atoms with van der Waals surface area (Å²) in [5.41, 5.74) is 3.75. The Morgan fingerprint density at radius 2 is 1.65 bits per heavy atom. The zero-order valence-electron chi connectivity index (χ0n) is 23.8. The number of nitrogens with one attached hydrogen (secondary N) is 1. The van der Waals surface area contributed by atoms with E-state index in [0.29, 0.717) is 18.9 Å². The minimum Gasteiger partial charge on any atom is -0.497 e. The summed E-state index contributed by atoms with van der Waals surface area (Å²) in [5.74, 6) is 0.732. The van der Waals surface area contributed by atoms with Crippen molar-refractivity contribution < 1.29 is 31.9 Å². The van der Waals surface area contributed by atoms with Gasteiger partial charge in [0.05, 0.1) is 7.11 Å². The minimum atomic E-state index is -4.53. The number of halogens is 3. The maximum Gasteiger partial charge on any atom is 0.408 e. The lowest BCUT2D eigenvalue weighted by Crippen LogP contribution is -2.46. The van der Waals surface area contributed by atoms with E-state index in [2.05, 4.69) is 14.8 Å². The summed E-state index contributed by atoms with van der Waals surface area (Å²) < 4.78 is 55.7. The van der Waals surface area contributed by atoms with Crippen LogP contribution in [0.3, 0.4) is 0 Å². The van der Waals surface area contributed by atoms with Gasteiger partial charge in [-0.1, -0.05) is 48.5 Å². The maximum atomic E-state index is 12.8. The second-order valence-corrected chi connectivity index (χ2v) is 10.9. The predicted molar refractivity (Wildman–Crippen MR) is 156 cm³/mol. The first kappa shape index (κ1) is 28.9. The summed E-state index contributed by atoms with van der Waals surface area (Å²) in [6.07, 6.45) is -3.62. The number of methoxy groups -OCH3 is 1. The summed E-state index contributed by atoms with van der Waals surface area (Å²) >= 11 is 0. The molecule has 4 aromatic rings. The number of unbranched alkanes of at least 4 members (excludes halogenated alkanes) is 1. The molecule has 0 spiro atoms. The van der Waals surface area contributed by atoms with Crippen molar-refractivity contribution in [3.63, 3.8) is 0 Å². The van der Waals surface area contributed by atoms with E-state index < -0.39 is 24.4 Å². The number of hydrogen-bond acceptors (Lipinski definition) is 7. The van der Waals surface area contributed by atoms with Crippen molar-refractivity contribution >= 4 is 23.2 Å². The Morgan fingerprint density at radius 1 is 0.977 bits per heavy atom. The Bertz CT molecular complexity index is 1550. The van der Waals surface area contributed by atoms with E-state index in [9.17, 15) is 18.0 Å². The van der Waals surface area contributed by atoms with Gasteiger partial charge in [-0.25, -0.2) is 4.79 Å². The Kier molecular flexibility index (Phi) is 7.91. The van der Waals surface area contributed by atoms with Gasteiger partial charge in [-0.05, 0) is 49.1 Å². The molecule has 1 amide bonds. The van der Waals surface area contributed by atoms with E-state index in [1.807, 2.05) is 72.0 Å². The van der Waals surface area contributed by atoms with Crippen LogP contribution in [0.1, 0.15) is 30.4 Å². The Balaban J connectivity index is 1.09. The average Bonchev–Trinajstić information content (AvgIpc) is 3.56. The van der Waals surface area contributed by atoms with Gasteiger partial charge in [-0.15, -0.1) is 0 Å². The van der Waals surface area contributed by atoms with Crippen molar-refractivity contribution in [1.29, 1.82) is 0 Å². The van der Waals surface area contributed by atoms with Crippen molar-refractivity contribution in [3.8, 4) is 16.9 Å². The molecule has 2 aliphatic rings. The van der Waals surface area contributed by atoms with Crippen LogP contribution in [0.5, 0.6) is 5.75 Å². The smallest absolute Gasteiger partial charge is 0.408 e. The molecule has 1 saturated heterocycles. The molecular formula is C32H33F3N4O4. The molecular weight excluding hydrogens is 561 g/mol. The maximum absolute atomic E-state index is 12.8. The van der Waals surface area contributed by atoms with E-state index in [0.717, 1.165) is 78.2 Å². The summed E-state index contributed by atoms with van der Waals surface area (Å²) in [5, 5.41) is 1.89. The van der Waals surface area contributed by atoms with Gasteiger partial charge in [-0.2, -0.15) is 18.2 Å². The highest BCUT2D eigenvalue weighted by Crippen LogP contribution is 2.52. The van der Waals surface area contributed by atoms with Gasteiger partial charge < -0.3 is 24.1 Å². The summed E-state index contributed by atoms with van der Waals surface area (Å²) in [6.45, 7) is 2.63. The molecule has 43 heavy (non-hydrogen) atoms. The lowest BCUT2D eigenvalue weighted by molar-refractivity contribution is -0.124. The number of fused-ring (bicyclic) bond motifs is 4. The Morgan fingerprint density at radius 3 is 2.30 bits per heavy atom. The van der Waals surface area contributed by atoms with Crippen LogP contribution in [0.4, 0.5) is 24.0 Å². The van der Waals surface area contributed by atoms with Gasteiger partial charge >= 0.3 is 12.3 Å². The third kappa shape index (κ3) is 5.99. The molecule has 3 aromatic carbocycles. The molecule has 1 aromatic heterocycles. The lowest BCUT2D eigenvalue weighted by atomic mass is 9.86. The van der Waals surface area contributed by atoms with E-state index in [1.165, 1.54) is 0 Å². The number of benzene rings is 3. The molecule has 1 aliphatic carbocycles. The summed E-state index contributed by atoms with van der Waals surface area (Å²) in [4.78, 5) is 21.9. The van der Waals surface area contributed by atoms with E-state index in [4.69, 9.17) is 13.9 Å². The van der Waals surface area contributed by atoms with Gasteiger partial charge in [0.2, 0.25) is 0 Å². The molecule has 0 radical (unpaired) electrons. The van der Waals surface area contributed by atoms with Crippen LogP contribution < -0.4 is 15.0 Å². The molecule has 0 saturated carbocycles. The van der Waals surface area contributed by atoms with Gasteiger partial charge in [0, 0.05) is 43.4 Å². The fraction of sp³-hybridized carbons (Fsp3) is 0.375. The van der Waals surface area contributed by atoms with Crippen LogP contribution in [-0.2, 0) is 10.3 Å². The number of alkyl halides is 3. The Hall–Kier alpha value is -4.25. The number of carbonyl (C=O) groups is 1. The molecule has 2 heterocycles. The topological polar surface area (TPSA) is 80.1 Å². The van der Waals surface area contributed by atoms with Crippen LogP contribution in [-0.4, -0.2) is 68.5 Å².